The number of primary amides is 1. The van der Waals surface area contributed by atoms with Crippen LogP contribution in [0.1, 0.15) is 30.0 Å². The molecule has 1 fully saturated rings. The SMILES string of the molecule is Cc1ccccc1[C@@H](CC(=O)N[C@@H]1CCS(=O)(=O)C1)NC(N)=O. The molecular weight excluding hydrogens is 318 g/mol. The molecule has 0 aliphatic carbocycles. The van der Waals surface area contributed by atoms with E-state index in [0.717, 1.165) is 11.1 Å². The number of urea groups is 1. The number of rotatable bonds is 5. The summed E-state index contributed by atoms with van der Waals surface area (Å²) in [5.41, 5.74) is 6.93. The van der Waals surface area contributed by atoms with Crippen molar-refractivity contribution in [2.75, 3.05) is 11.5 Å². The predicted octanol–water partition coefficient (Wildman–Crippen LogP) is 0.398. The second-order valence-electron chi connectivity index (χ2n) is 5.79. The third-order valence-corrected chi connectivity index (χ3v) is 5.64. The van der Waals surface area contributed by atoms with Crippen LogP contribution < -0.4 is 16.4 Å². The summed E-state index contributed by atoms with van der Waals surface area (Å²) in [5, 5.41) is 5.29. The quantitative estimate of drug-likeness (QED) is 0.719. The molecule has 0 bridgehead atoms. The van der Waals surface area contributed by atoms with Crippen LogP contribution in [-0.2, 0) is 14.6 Å². The van der Waals surface area contributed by atoms with Crippen LogP contribution in [0.2, 0.25) is 0 Å². The number of nitrogens with one attached hydrogen (secondary N) is 2. The highest BCUT2D eigenvalue weighted by molar-refractivity contribution is 7.91. The molecule has 0 radical (unpaired) electrons. The minimum absolute atomic E-state index is 0.00431. The maximum Gasteiger partial charge on any atom is 0.312 e. The van der Waals surface area contributed by atoms with Crippen molar-refractivity contribution >= 4 is 21.8 Å². The van der Waals surface area contributed by atoms with E-state index in [1.165, 1.54) is 0 Å². The summed E-state index contributed by atoms with van der Waals surface area (Å²) in [6.07, 6.45) is 0.427. The number of hydrogen-bond donors (Lipinski definition) is 3. The van der Waals surface area contributed by atoms with Crippen molar-refractivity contribution in [1.82, 2.24) is 10.6 Å². The van der Waals surface area contributed by atoms with Gasteiger partial charge in [-0.3, -0.25) is 4.79 Å². The fourth-order valence-electron chi connectivity index (χ4n) is 2.77. The van der Waals surface area contributed by atoms with Gasteiger partial charge in [0.1, 0.15) is 0 Å². The van der Waals surface area contributed by atoms with E-state index < -0.39 is 21.9 Å². The van der Waals surface area contributed by atoms with Gasteiger partial charge in [0.25, 0.3) is 0 Å². The molecule has 1 aliphatic heterocycles. The molecule has 1 heterocycles. The third kappa shape index (κ3) is 4.95. The number of benzene rings is 1. The molecule has 2 atom stereocenters. The number of carbonyl (C=O) groups excluding carboxylic acids is 2. The van der Waals surface area contributed by atoms with Gasteiger partial charge in [-0.05, 0) is 24.5 Å². The van der Waals surface area contributed by atoms with Gasteiger partial charge in [-0.2, -0.15) is 0 Å². The lowest BCUT2D eigenvalue weighted by atomic mass is 9.98. The van der Waals surface area contributed by atoms with Crippen molar-refractivity contribution in [2.24, 2.45) is 5.73 Å². The zero-order valence-electron chi connectivity index (χ0n) is 12.9. The highest BCUT2D eigenvalue weighted by atomic mass is 32.2. The number of amides is 3. The van der Waals surface area contributed by atoms with Crippen LogP contribution in [-0.4, -0.2) is 37.9 Å². The lowest BCUT2D eigenvalue weighted by Gasteiger charge is -2.20. The van der Waals surface area contributed by atoms with Crippen molar-refractivity contribution in [1.29, 1.82) is 0 Å². The Morgan fingerprint density at radius 1 is 1.35 bits per heavy atom. The molecule has 126 valence electrons. The molecule has 1 aliphatic rings. The maximum atomic E-state index is 12.2. The molecule has 23 heavy (non-hydrogen) atoms. The summed E-state index contributed by atoms with van der Waals surface area (Å²) >= 11 is 0. The zero-order valence-corrected chi connectivity index (χ0v) is 13.7. The number of carbonyl (C=O) groups is 2. The Morgan fingerprint density at radius 3 is 2.61 bits per heavy atom. The molecule has 7 nitrogen and oxygen atoms in total. The largest absolute Gasteiger partial charge is 0.352 e. The second kappa shape index (κ2) is 6.99. The molecule has 0 unspecified atom stereocenters. The lowest BCUT2D eigenvalue weighted by molar-refractivity contribution is -0.122. The van der Waals surface area contributed by atoms with Crippen LogP contribution in [0.3, 0.4) is 0 Å². The Balaban J connectivity index is 2.04. The van der Waals surface area contributed by atoms with Crippen LogP contribution in [0.25, 0.3) is 0 Å². The molecule has 3 amide bonds. The van der Waals surface area contributed by atoms with E-state index in [2.05, 4.69) is 10.6 Å². The van der Waals surface area contributed by atoms with Gasteiger partial charge < -0.3 is 16.4 Å². The van der Waals surface area contributed by atoms with Gasteiger partial charge in [0.05, 0.1) is 24.0 Å². The van der Waals surface area contributed by atoms with E-state index >= 15 is 0 Å². The summed E-state index contributed by atoms with van der Waals surface area (Å²) in [4.78, 5) is 23.4. The van der Waals surface area contributed by atoms with E-state index in [-0.39, 0.29) is 29.9 Å². The number of hydrogen-bond acceptors (Lipinski definition) is 4. The Hall–Kier alpha value is -2.09. The Bertz CT molecular complexity index is 702. The first-order valence-electron chi connectivity index (χ1n) is 7.38. The van der Waals surface area contributed by atoms with Crippen molar-refractivity contribution in [3.8, 4) is 0 Å². The van der Waals surface area contributed by atoms with Crippen molar-refractivity contribution in [2.45, 2.75) is 31.8 Å². The second-order valence-corrected chi connectivity index (χ2v) is 8.02. The number of aryl methyl sites for hydroxylation is 1. The van der Waals surface area contributed by atoms with E-state index in [1.54, 1.807) is 0 Å². The van der Waals surface area contributed by atoms with Crippen LogP contribution in [0.15, 0.2) is 24.3 Å². The minimum atomic E-state index is -3.05. The van der Waals surface area contributed by atoms with Crippen LogP contribution >= 0.6 is 0 Å². The molecule has 0 saturated carbocycles. The third-order valence-electron chi connectivity index (χ3n) is 3.87. The average molecular weight is 339 g/mol. The fraction of sp³-hybridized carbons (Fsp3) is 0.467. The van der Waals surface area contributed by atoms with Crippen molar-refractivity contribution in [3.63, 3.8) is 0 Å². The molecule has 0 spiro atoms. The normalized spacial score (nSPS) is 20.7. The molecule has 0 aromatic heterocycles. The molecule has 8 heteroatoms. The lowest BCUT2D eigenvalue weighted by Crippen LogP contribution is -2.40. The zero-order chi connectivity index (χ0) is 17.0. The average Bonchev–Trinajstić information content (AvgIpc) is 2.77. The van der Waals surface area contributed by atoms with Gasteiger partial charge in [0.15, 0.2) is 9.84 Å². The van der Waals surface area contributed by atoms with E-state index in [9.17, 15) is 18.0 Å². The van der Waals surface area contributed by atoms with E-state index in [4.69, 9.17) is 5.73 Å². The first-order valence-corrected chi connectivity index (χ1v) is 9.20. The molecule has 1 aromatic carbocycles. The smallest absolute Gasteiger partial charge is 0.312 e. The van der Waals surface area contributed by atoms with Gasteiger partial charge in [-0.1, -0.05) is 24.3 Å². The van der Waals surface area contributed by atoms with Crippen LogP contribution in [0.5, 0.6) is 0 Å². The molecule has 4 N–H and O–H groups in total. The first kappa shape index (κ1) is 17.3. The Kier molecular flexibility index (Phi) is 5.25. The van der Waals surface area contributed by atoms with Gasteiger partial charge in [0.2, 0.25) is 5.91 Å². The van der Waals surface area contributed by atoms with Crippen molar-refractivity contribution < 1.29 is 18.0 Å². The monoisotopic (exact) mass is 339 g/mol. The van der Waals surface area contributed by atoms with Gasteiger partial charge in [-0.15, -0.1) is 0 Å². The fourth-order valence-corrected chi connectivity index (χ4v) is 4.44. The van der Waals surface area contributed by atoms with Crippen LogP contribution in [0, 0.1) is 6.92 Å². The molecular formula is C15H21N3O4S. The van der Waals surface area contributed by atoms with Gasteiger partial charge in [-0.25, -0.2) is 13.2 Å². The number of sulfone groups is 1. The summed E-state index contributed by atoms with van der Waals surface area (Å²) in [5.74, 6) is -0.246. The van der Waals surface area contributed by atoms with E-state index in [0.29, 0.717) is 6.42 Å². The molecule has 1 saturated heterocycles. The maximum absolute atomic E-state index is 12.2. The van der Waals surface area contributed by atoms with Gasteiger partial charge >= 0.3 is 6.03 Å². The summed E-state index contributed by atoms with van der Waals surface area (Å²) in [6, 6.07) is 5.76. The first-order chi connectivity index (χ1) is 10.8. The molecule has 1 aromatic rings. The highest BCUT2D eigenvalue weighted by Gasteiger charge is 2.29. The van der Waals surface area contributed by atoms with Crippen molar-refractivity contribution in [3.05, 3.63) is 35.4 Å². The standard InChI is InChI=1S/C15H21N3O4S/c1-10-4-2-3-5-12(10)13(18-15(16)20)8-14(19)17-11-6-7-23(21,22)9-11/h2-5,11,13H,6-9H2,1H3,(H,17,19)(H3,16,18,20)/t11-,13-/m1/s1. The predicted molar refractivity (Wildman–Crippen MR) is 86.5 cm³/mol. The number of nitrogens with two attached hydrogens (primary N) is 1. The van der Waals surface area contributed by atoms with Gasteiger partial charge in [0, 0.05) is 6.04 Å². The van der Waals surface area contributed by atoms with Crippen LogP contribution in [0.4, 0.5) is 4.79 Å². The minimum Gasteiger partial charge on any atom is -0.352 e. The topological polar surface area (TPSA) is 118 Å². The molecule has 2 rings (SSSR count). The Labute approximate surface area is 135 Å². The summed E-state index contributed by atoms with van der Waals surface area (Å²) < 4.78 is 22.9. The summed E-state index contributed by atoms with van der Waals surface area (Å²) in [6.45, 7) is 1.88. The summed E-state index contributed by atoms with van der Waals surface area (Å²) in [7, 11) is -3.05. The van der Waals surface area contributed by atoms with E-state index in [1.807, 2.05) is 31.2 Å². The Morgan fingerprint density at radius 2 is 2.04 bits per heavy atom. The highest BCUT2D eigenvalue weighted by Crippen LogP contribution is 2.21.